The van der Waals surface area contributed by atoms with Crippen LogP contribution in [0, 0.1) is 13.8 Å². The van der Waals surface area contributed by atoms with Gasteiger partial charge in [0.25, 0.3) is 17.1 Å². The predicted octanol–water partition coefficient (Wildman–Crippen LogP) is 3.26. The molecule has 166 valence electrons. The third-order valence-electron chi connectivity index (χ3n) is 4.98. The van der Waals surface area contributed by atoms with E-state index in [9.17, 15) is 14.4 Å². The number of thioether (sulfide) groups is 1. The van der Waals surface area contributed by atoms with Gasteiger partial charge >= 0.3 is 0 Å². The summed E-state index contributed by atoms with van der Waals surface area (Å²) in [5, 5.41) is 2.31. The van der Waals surface area contributed by atoms with E-state index in [1.165, 1.54) is 0 Å². The van der Waals surface area contributed by atoms with Crippen LogP contribution >= 0.6 is 11.8 Å². The van der Waals surface area contributed by atoms with E-state index in [1.807, 2.05) is 32.0 Å². The Hall–Kier alpha value is -3.46. The van der Waals surface area contributed by atoms with Crippen molar-refractivity contribution in [3.63, 3.8) is 0 Å². The van der Waals surface area contributed by atoms with Gasteiger partial charge in [-0.15, -0.1) is 0 Å². The summed E-state index contributed by atoms with van der Waals surface area (Å²) < 4.78 is 16.2. The van der Waals surface area contributed by atoms with Crippen molar-refractivity contribution in [2.45, 2.75) is 13.8 Å². The van der Waals surface area contributed by atoms with Gasteiger partial charge in [0.05, 0.1) is 4.91 Å². The van der Waals surface area contributed by atoms with Crippen LogP contribution in [0.3, 0.4) is 0 Å². The quantitative estimate of drug-likeness (QED) is 0.642. The van der Waals surface area contributed by atoms with E-state index in [2.05, 4.69) is 5.32 Å². The maximum atomic E-state index is 12.6. The highest BCUT2D eigenvalue weighted by Crippen LogP contribution is 2.36. The van der Waals surface area contributed by atoms with E-state index in [0.717, 1.165) is 33.4 Å². The van der Waals surface area contributed by atoms with Crippen LogP contribution in [0.2, 0.25) is 0 Å². The summed E-state index contributed by atoms with van der Waals surface area (Å²) >= 11 is 0.869. The molecule has 0 aromatic heterocycles. The Kier molecular flexibility index (Phi) is 6.36. The monoisotopic (exact) mass is 454 g/mol. The maximum Gasteiger partial charge on any atom is 0.293 e. The Bertz CT molecular complexity index is 1090. The average Bonchev–Trinajstić information content (AvgIpc) is 3.32. The number of imide groups is 1. The highest BCUT2D eigenvalue weighted by atomic mass is 32.2. The lowest BCUT2D eigenvalue weighted by Gasteiger charge is -2.14. The largest absolute Gasteiger partial charge is 0.483 e. The molecule has 0 saturated carbocycles. The molecule has 0 atom stereocenters. The van der Waals surface area contributed by atoms with Gasteiger partial charge in [-0.25, -0.2) is 0 Å². The Morgan fingerprint density at radius 2 is 1.91 bits per heavy atom. The predicted molar refractivity (Wildman–Crippen MR) is 120 cm³/mol. The summed E-state index contributed by atoms with van der Waals surface area (Å²) in [6, 6.07) is 11.1. The molecule has 8 nitrogen and oxygen atoms in total. The number of ether oxygens (including phenoxy) is 3. The molecule has 4 rings (SSSR count). The lowest BCUT2D eigenvalue weighted by atomic mass is 10.1. The van der Waals surface area contributed by atoms with Gasteiger partial charge in [0, 0.05) is 13.1 Å². The summed E-state index contributed by atoms with van der Waals surface area (Å²) in [4.78, 5) is 38.5. The van der Waals surface area contributed by atoms with Gasteiger partial charge in [-0.1, -0.05) is 24.3 Å². The molecule has 3 amide bonds. The molecular weight excluding hydrogens is 432 g/mol. The molecule has 0 unspecified atom stereocenters. The van der Waals surface area contributed by atoms with Crippen LogP contribution in [-0.4, -0.2) is 48.4 Å². The third kappa shape index (κ3) is 4.72. The first kappa shape index (κ1) is 21.8. The van der Waals surface area contributed by atoms with Crippen molar-refractivity contribution in [3.8, 4) is 17.2 Å². The topological polar surface area (TPSA) is 94.2 Å². The molecule has 9 heteroatoms. The minimum atomic E-state index is -0.390. The number of rotatable bonds is 7. The first-order chi connectivity index (χ1) is 15.4. The van der Waals surface area contributed by atoms with E-state index in [0.29, 0.717) is 22.2 Å². The molecule has 2 aromatic rings. The van der Waals surface area contributed by atoms with Crippen LogP contribution in [0.1, 0.15) is 16.7 Å². The molecular formula is C23H22N2O6S. The van der Waals surface area contributed by atoms with Crippen LogP contribution in [-0.2, 0) is 9.59 Å². The molecule has 0 spiro atoms. The summed E-state index contributed by atoms with van der Waals surface area (Å²) in [6.45, 7) is 4.07. The van der Waals surface area contributed by atoms with Gasteiger partial charge in [-0.05, 0) is 60.5 Å². The van der Waals surface area contributed by atoms with Crippen molar-refractivity contribution in [2.24, 2.45) is 0 Å². The van der Waals surface area contributed by atoms with Crippen LogP contribution in [0.25, 0.3) is 6.08 Å². The van der Waals surface area contributed by atoms with Crippen molar-refractivity contribution >= 4 is 34.9 Å². The van der Waals surface area contributed by atoms with Gasteiger partial charge in [-0.2, -0.15) is 0 Å². The minimum Gasteiger partial charge on any atom is -0.483 e. The first-order valence-electron chi connectivity index (χ1n) is 10.0. The van der Waals surface area contributed by atoms with E-state index in [1.54, 1.807) is 24.3 Å². The fourth-order valence-electron chi connectivity index (χ4n) is 3.37. The number of carbonyl (C=O) groups excluding carboxylic acids is 3. The number of amides is 3. The Morgan fingerprint density at radius 3 is 2.69 bits per heavy atom. The lowest BCUT2D eigenvalue weighted by Crippen LogP contribution is -2.38. The molecule has 32 heavy (non-hydrogen) atoms. The van der Waals surface area contributed by atoms with E-state index in [-0.39, 0.29) is 37.6 Å². The molecule has 1 N–H and O–H groups in total. The van der Waals surface area contributed by atoms with Crippen molar-refractivity contribution < 1.29 is 28.6 Å². The summed E-state index contributed by atoms with van der Waals surface area (Å²) in [5.74, 6) is 1.22. The fourth-order valence-corrected chi connectivity index (χ4v) is 4.23. The minimum absolute atomic E-state index is 0.0816. The molecule has 1 saturated heterocycles. The number of fused-ring (bicyclic) bond motifs is 1. The summed E-state index contributed by atoms with van der Waals surface area (Å²) in [5.41, 5.74) is 2.63. The zero-order valence-electron chi connectivity index (χ0n) is 17.7. The highest BCUT2D eigenvalue weighted by molar-refractivity contribution is 8.18. The number of carbonyl (C=O) groups is 3. The first-order valence-corrected chi connectivity index (χ1v) is 10.8. The second kappa shape index (κ2) is 9.35. The third-order valence-corrected chi connectivity index (χ3v) is 5.89. The van der Waals surface area contributed by atoms with Gasteiger partial charge in [-0.3, -0.25) is 19.3 Å². The smallest absolute Gasteiger partial charge is 0.293 e. The molecule has 1 fully saturated rings. The Balaban J connectivity index is 1.29. The van der Waals surface area contributed by atoms with E-state index in [4.69, 9.17) is 14.2 Å². The second-order valence-corrected chi connectivity index (χ2v) is 8.30. The van der Waals surface area contributed by atoms with Crippen LogP contribution in [0.4, 0.5) is 4.79 Å². The number of nitrogens with zero attached hydrogens (tertiary/aromatic N) is 1. The zero-order chi connectivity index (χ0) is 22.7. The normalized spacial score (nSPS) is 16.1. The van der Waals surface area contributed by atoms with Gasteiger partial charge < -0.3 is 19.5 Å². The zero-order valence-corrected chi connectivity index (χ0v) is 18.5. The number of para-hydroxylation sites is 1. The average molecular weight is 455 g/mol. The SMILES string of the molecule is Cc1cccc(C)c1OCC(=O)NCCN1C(=O)S/C(=C\c2ccc3c(c2)OCO3)C1=O. The van der Waals surface area contributed by atoms with Gasteiger partial charge in [0.15, 0.2) is 18.1 Å². The standard InChI is InChI=1S/C23H22N2O6S/c1-14-4-3-5-15(2)21(14)29-12-20(26)24-8-9-25-22(27)19(32-23(25)28)11-16-6-7-17-18(10-16)31-13-30-17/h3-7,10-11H,8-9,12-13H2,1-2H3,(H,24,26)/b19-11-. The van der Waals surface area contributed by atoms with Crippen molar-refractivity contribution in [1.82, 2.24) is 10.2 Å². The van der Waals surface area contributed by atoms with E-state index >= 15 is 0 Å². The van der Waals surface area contributed by atoms with E-state index < -0.39 is 5.91 Å². The molecule has 0 aliphatic carbocycles. The second-order valence-electron chi connectivity index (χ2n) is 7.31. The Morgan fingerprint density at radius 1 is 1.16 bits per heavy atom. The maximum absolute atomic E-state index is 12.6. The molecule has 0 radical (unpaired) electrons. The molecule has 0 bridgehead atoms. The molecule has 2 aromatic carbocycles. The van der Waals surface area contributed by atoms with Crippen LogP contribution in [0.5, 0.6) is 17.2 Å². The number of hydrogen-bond acceptors (Lipinski definition) is 7. The van der Waals surface area contributed by atoms with Crippen molar-refractivity contribution in [3.05, 3.63) is 58.0 Å². The number of nitrogens with one attached hydrogen (secondary N) is 1. The Labute approximate surface area is 189 Å². The van der Waals surface area contributed by atoms with Crippen molar-refractivity contribution in [2.75, 3.05) is 26.5 Å². The lowest BCUT2D eigenvalue weighted by molar-refractivity contribution is -0.125. The number of hydrogen-bond donors (Lipinski definition) is 1. The van der Waals surface area contributed by atoms with Gasteiger partial charge in [0.1, 0.15) is 5.75 Å². The molecule has 2 aliphatic rings. The summed E-state index contributed by atoms with van der Waals surface area (Å²) in [7, 11) is 0. The molecule has 2 heterocycles. The van der Waals surface area contributed by atoms with Crippen LogP contribution < -0.4 is 19.5 Å². The highest BCUT2D eigenvalue weighted by Gasteiger charge is 2.34. The van der Waals surface area contributed by atoms with Crippen molar-refractivity contribution in [1.29, 1.82) is 0 Å². The van der Waals surface area contributed by atoms with Gasteiger partial charge in [0.2, 0.25) is 6.79 Å². The molecule has 2 aliphatic heterocycles. The number of aryl methyl sites for hydroxylation is 2. The number of benzene rings is 2. The fraction of sp³-hybridized carbons (Fsp3) is 0.261. The van der Waals surface area contributed by atoms with Crippen LogP contribution in [0.15, 0.2) is 41.3 Å². The summed E-state index contributed by atoms with van der Waals surface area (Å²) in [6.07, 6.45) is 1.64.